The minimum absolute atomic E-state index is 0.251. The van der Waals surface area contributed by atoms with Crippen molar-refractivity contribution in [2.45, 2.75) is 162 Å². The molecule has 0 radical (unpaired) electrons. The number of para-hydroxylation sites is 2. The second-order valence-electron chi connectivity index (χ2n) is 12.9. The summed E-state index contributed by atoms with van der Waals surface area (Å²) in [6, 6.07) is 14.4. The van der Waals surface area contributed by atoms with Crippen LogP contribution in [0.2, 0.25) is 0 Å². The average molecular weight is 647 g/mol. The Morgan fingerprint density at radius 3 is 1.09 bits per heavy atom. The molecule has 0 saturated heterocycles. The smallest absolute Gasteiger partial charge is 0.329 e. The molecule has 0 spiro atoms. The number of phenols is 2. The van der Waals surface area contributed by atoms with Crippen molar-refractivity contribution < 1.29 is 24.2 Å². The highest BCUT2D eigenvalue weighted by molar-refractivity contribution is 7.40. The van der Waals surface area contributed by atoms with Gasteiger partial charge >= 0.3 is 8.60 Å². The highest BCUT2D eigenvalue weighted by Gasteiger charge is 2.28. The summed E-state index contributed by atoms with van der Waals surface area (Å²) in [5, 5.41) is 19.8. The van der Waals surface area contributed by atoms with Gasteiger partial charge in [0.15, 0.2) is 0 Å². The van der Waals surface area contributed by atoms with E-state index >= 15 is 0 Å². The summed E-state index contributed by atoms with van der Waals surface area (Å²) in [6.07, 6.45) is 26.4. The fourth-order valence-corrected chi connectivity index (χ4v) is 6.30. The van der Waals surface area contributed by atoms with Crippen molar-refractivity contribution in [1.82, 2.24) is 0 Å². The van der Waals surface area contributed by atoms with Gasteiger partial charge in [-0.25, -0.2) is 0 Å². The Bertz CT molecular complexity index is 877. The van der Waals surface area contributed by atoms with Crippen LogP contribution in [0.4, 0.5) is 0 Å². The highest BCUT2D eigenvalue weighted by atomic mass is 31.2. The molecule has 5 nitrogen and oxygen atoms in total. The fraction of sp³-hybridized carbons (Fsp3) is 0.692. The van der Waals surface area contributed by atoms with Gasteiger partial charge in [-0.1, -0.05) is 180 Å². The summed E-state index contributed by atoms with van der Waals surface area (Å²) >= 11 is 0. The number of hydrogen-bond donors (Lipinski definition) is 3. The van der Waals surface area contributed by atoms with Crippen LogP contribution in [0.1, 0.15) is 167 Å². The van der Waals surface area contributed by atoms with Gasteiger partial charge in [-0.05, 0) is 25.0 Å². The third kappa shape index (κ3) is 20.3. The van der Waals surface area contributed by atoms with Crippen LogP contribution < -0.4 is 0 Å². The molecule has 2 aromatic carbocycles. The first-order valence-corrected chi connectivity index (χ1v) is 19.3. The zero-order chi connectivity index (χ0) is 33.0. The van der Waals surface area contributed by atoms with Gasteiger partial charge in [-0.15, -0.1) is 0 Å². The summed E-state index contributed by atoms with van der Waals surface area (Å²) < 4.78 is 10.8. The summed E-state index contributed by atoms with van der Waals surface area (Å²) in [4.78, 5) is 9.76. The van der Waals surface area contributed by atoms with Gasteiger partial charge in [-0.3, -0.25) is 0 Å². The van der Waals surface area contributed by atoms with Gasteiger partial charge in [0.1, 0.15) is 11.5 Å². The van der Waals surface area contributed by atoms with Gasteiger partial charge in [0.2, 0.25) is 0 Å². The molecular weight excluding hydrogens is 579 g/mol. The van der Waals surface area contributed by atoms with Crippen molar-refractivity contribution in [2.75, 3.05) is 13.2 Å². The van der Waals surface area contributed by atoms with Crippen LogP contribution in [0.15, 0.2) is 48.5 Å². The Balaban J connectivity index is 0.000000502. The molecule has 0 bridgehead atoms. The molecule has 0 atom stereocenters. The fourth-order valence-electron chi connectivity index (χ4n) is 5.65. The Morgan fingerprint density at radius 1 is 0.489 bits per heavy atom. The molecule has 6 heteroatoms. The first kappa shape index (κ1) is 41.4. The van der Waals surface area contributed by atoms with Crippen molar-refractivity contribution in [3.05, 3.63) is 59.7 Å². The number of aromatic hydroxyl groups is 2. The Morgan fingerprint density at radius 2 is 0.778 bits per heavy atom. The third-order valence-electron chi connectivity index (χ3n) is 8.55. The molecule has 2 aromatic rings. The van der Waals surface area contributed by atoms with Crippen molar-refractivity contribution in [1.29, 1.82) is 0 Å². The van der Waals surface area contributed by atoms with Crippen LogP contribution in [0.5, 0.6) is 11.5 Å². The lowest BCUT2D eigenvalue weighted by Crippen LogP contribution is -2.19. The lowest BCUT2D eigenvalue weighted by atomic mass is 9.77. The molecule has 2 rings (SSSR count). The van der Waals surface area contributed by atoms with E-state index in [0.717, 1.165) is 24.0 Å². The summed E-state index contributed by atoms with van der Waals surface area (Å²) in [6.45, 7) is 9.77. The molecule has 0 aromatic heterocycles. The van der Waals surface area contributed by atoms with Gasteiger partial charge in [0, 0.05) is 16.5 Å². The maximum Gasteiger partial charge on any atom is 0.329 e. The van der Waals surface area contributed by atoms with E-state index in [1.165, 1.54) is 116 Å². The van der Waals surface area contributed by atoms with Gasteiger partial charge in [0.25, 0.3) is 0 Å². The first-order valence-electron chi connectivity index (χ1n) is 18.2. The molecule has 45 heavy (non-hydrogen) atoms. The van der Waals surface area contributed by atoms with E-state index in [9.17, 15) is 15.1 Å². The van der Waals surface area contributed by atoms with E-state index < -0.39 is 14.0 Å². The molecule has 0 fully saturated rings. The topological polar surface area (TPSA) is 79.2 Å². The molecule has 0 unspecified atom stereocenters. The Labute approximate surface area is 278 Å². The SMILES string of the molecule is CC(C)(c1ccccc1O)c1ccccc1O.CCCCCCCCCCCCOP(O)OCCCCCCCCCCCC. The Kier molecular flexibility index (Phi) is 25.2. The molecule has 0 aliphatic rings. The maximum absolute atomic E-state index is 9.92. The second-order valence-corrected chi connectivity index (χ2v) is 13.9. The zero-order valence-electron chi connectivity index (χ0n) is 29.3. The van der Waals surface area contributed by atoms with Crippen molar-refractivity contribution >= 4 is 8.60 Å². The lowest BCUT2D eigenvalue weighted by Gasteiger charge is -2.27. The predicted octanol–water partition coefficient (Wildman–Crippen LogP) is 12.5. The predicted molar refractivity (Wildman–Crippen MR) is 193 cm³/mol. The minimum Gasteiger partial charge on any atom is -0.508 e. The first-order chi connectivity index (χ1) is 21.8. The maximum atomic E-state index is 9.92. The van der Waals surface area contributed by atoms with Crippen LogP contribution in [-0.2, 0) is 14.5 Å². The minimum atomic E-state index is -1.65. The number of phenolic OH excluding ortho intramolecular Hbond substituents is 2. The van der Waals surface area contributed by atoms with E-state index in [1.54, 1.807) is 24.3 Å². The lowest BCUT2D eigenvalue weighted by molar-refractivity contribution is 0.193. The van der Waals surface area contributed by atoms with Crippen LogP contribution in [0.25, 0.3) is 0 Å². The normalized spacial score (nSPS) is 11.5. The molecule has 0 saturated carbocycles. The molecule has 0 aliphatic carbocycles. The quantitative estimate of drug-likeness (QED) is 0.0700. The standard InChI is InChI=1S/C24H51O3P.C15H16O2/c1-3-5-7-9-11-13-15-17-19-21-23-26-28(25)27-24-22-20-18-16-14-12-10-8-6-4-2;1-15(2,11-7-3-5-9-13(11)16)12-8-4-6-10-14(12)17/h25H,3-24H2,1-2H3;3-10,16-17H,1-2H3. The van der Waals surface area contributed by atoms with Crippen molar-refractivity contribution in [2.24, 2.45) is 0 Å². The molecule has 258 valence electrons. The third-order valence-corrected chi connectivity index (χ3v) is 9.36. The highest BCUT2D eigenvalue weighted by Crippen LogP contribution is 2.40. The molecule has 0 amide bonds. The van der Waals surface area contributed by atoms with Crippen molar-refractivity contribution in [3.8, 4) is 11.5 Å². The van der Waals surface area contributed by atoms with Crippen LogP contribution in [-0.4, -0.2) is 28.3 Å². The van der Waals surface area contributed by atoms with E-state index in [2.05, 4.69) is 13.8 Å². The van der Waals surface area contributed by atoms with Gasteiger partial charge in [-0.2, -0.15) is 0 Å². The summed E-state index contributed by atoms with van der Waals surface area (Å²) in [5.41, 5.74) is 1.18. The molecular formula is C39H67O5P. The zero-order valence-corrected chi connectivity index (χ0v) is 30.2. The van der Waals surface area contributed by atoms with E-state index in [-0.39, 0.29) is 11.5 Å². The number of rotatable bonds is 26. The van der Waals surface area contributed by atoms with E-state index in [0.29, 0.717) is 13.2 Å². The summed E-state index contributed by atoms with van der Waals surface area (Å²) in [5.74, 6) is 0.501. The van der Waals surface area contributed by atoms with Crippen LogP contribution >= 0.6 is 8.60 Å². The Hall–Kier alpha value is -1.65. The van der Waals surface area contributed by atoms with E-state index in [1.807, 2.05) is 38.1 Å². The largest absolute Gasteiger partial charge is 0.508 e. The van der Waals surface area contributed by atoms with E-state index in [4.69, 9.17) is 9.05 Å². The monoisotopic (exact) mass is 646 g/mol. The number of hydrogen-bond acceptors (Lipinski definition) is 5. The van der Waals surface area contributed by atoms with Crippen molar-refractivity contribution in [3.63, 3.8) is 0 Å². The van der Waals surface area contributed by atoms with Gasteiger partial charge in [0.05, 0.1) is 13.2 Å². The molecule has 3 N–H and O–H groups in total. The summed E-state index contributed by atoms with van der Waals surface area (Å²) in [7, 11) is -1.65. The van der Waals surface area contributed by atoms with Gasteiger partial charge < -0.3 is 24.2 Å². The van der Waals surface area contributed by atoms with Crippen LogP contribution in [0.3, 0.4) is 0 Å². The molecule has 0 heterocycles. The second kappa shape index (κ2) is 27.5. The number of unbranched alkanes of at least 4 members (excludes halogenated alkanes) is 18. The van der Waals surface area contributed by atoms with Crippen LogP contribution in [0, 0.1) is 0 Å². The average Bonchev–Trinajstić information content (AvgIpc) is 3.03. The number of benzene rings is 2. The molecule has 0 aliphatic heterocycles.